The Labute approximate surface area is 142 Å². The van der Waals surface area contributed by atoms with E-state index in [0.29, 0.717) is 12.3 Å². The fourth-order valence-electron chi connectivity index (χ4n) is 3.23. The van der Waals surface area contributed by atoms with Crippen LogP contribution in [0.4, 0.5) is 0 Å². The quantitative estimate of drug-likeness (QED) is 0.905. The molecule has 130 valence electrons. The number of hydrogen-bond donors (Lipinski definition) is 2. The second-order valence-electron chi connectivity index (χ2n) is 7.78. The van der Waals surface area contributed by atoms with Gasteiger partial charge in [0.05, 0.1) is 12.6 Å². The number of rotatable bonds is 3. The first-order valence-corrected chi connectivity index (χ1v) is 8.68. The van der Waals surface area contributed by atoms with Crippen molar-refractivity contribution in [3.05, 3.63) is 29.7 Å². The number of hydrogen-bond acceptors (Lipinski definition) is 4. The zero-order chi connectivity index (χ0) is 17.3. The molecule has 1 aromatic heterocycles. The van der Waals surface area contributed by atoms with Gasteiger partial charge in [0.1, 0.15) is 5.52 Å². The number of benzene rings is 1. The van der Waals surface area contributed by atoms with Crippen LogP contribution in [0.15, 0.2) is 22.6 Å². The summed E-state index contributed by atoms with van der Waals surface area (Å²) >= 11 is 0. The minimum Gasteiger partial charge on any atom is -0.439 e. The fourth-order valence-corrected chi connectivity index (χ4v) is 3.23. The van der Waals surface area contributed by atoms with Crippen molar-refractivity contribution in [2.75, 3.05) is 0 Å². The first-order chi connectivity index (χ1) is 11.3. The number of aromatic nitrogens is 1. The van der Waals surface area contributed by atoms with E-state index in [1.54, 1.807) is 0 Å². The van der Waals surface area contributed by atoms with Crippen LogP contribution in [-0.2, 0) is 16.8 Å². The molecule has 0 saturated heterocycles. The molecule has 24 heavy (non-hydrogen) atoms. The highest BCUT2D eigenvalue weighted by Crippen LogP contribution is 2.27. The van der Waals surface area contributed by atoms with Crippen molar-refractivity contribution in [3.8, 4) is 0 Å². The number of carbonyl (C=O) groups is 1. The maximum Gasteiger partial charge on any atom is 0.223 e. The second kappa shape index (κ2) is 6.55. The van der Waals surface area contributed by atoms with Crippen LogP contribution in [0.2, 0.25) is 0 Å². The van der Waals surface area contributed by atoms with E-state index in [-0.39, 0.29) is 29.9 Å². The molecule has 1 fully saturated rings. The van der Waals surface area contributed by atoms with Crippen molar-refractivity contribution in [3.63, 3.8) is 0 Å². The molecule has 1 aliphatic rings. The summed E-state index contributed by atoms with van der Waals surface area (Å²) in [5.41, 5.74) is 2.82. The molecular formula is C19H26N2O3. The predicted molar refractivity (Wildman–Crippen MR) is 92.5 cm³/mol. The second-order valence-corrected chi connectivity index (χ2v) is 7.78. The third kappa shape index (κ3) is 3.78. The molecule has 1 aromatic carbocycles. The lowest BCUT2D eigenvalue weighted by Crippen LogP contribution is -2.34. The van der Waals surface area contributed by atoms with Gasteiger partial charge in [-0.2, -0.15) is 0 Å². The van der Waals surface area contributed by atoms with E-state index in [1.165, 1.54) is 5.56 Å². The van der Waals surface area contributed by atoms with Gasteiger partial charge in [0, 0.05) is 5.92 Å². The van der Waals surface area contributed by atoms with Crippen LogP contribution in [0.1, 0.15) is 57.9 Å². The van der Waals surface area contributed by atoms with Crippen LogP contribution in [-0.4, -0.2) is 22.1 Å². The molecule has 2 atom stereocenters. The normalized spacial score (nSPS) is 21.8. The highest BCUT2D eigenvalue weighted by molar-refractivity contribution is 5.79. The molecule has 0 aliphatic heterocycles. The molecule has 0 radical (unpaired) electrons. The number of oxazole rings is 1. The highest BCUT2D eigenvalue weighted by atomic mass is 16.3. The van der Waals surface area contributed by atoms with Gasteiger partial charge in [-0.1, -0.05) is 33.3 Å². The van der Waals surface area contributed by atoms with E-state index in [9.17, 15) is 9.90 Å². The van der Waals surface area contributed by atoms with E-state index in [0.717, 1.165) is 30.4 Å². The summed E-state index contributed by atoms with van der Waals surface area (Å²) in [5.74, 6) is 0.387. The average Bonchev–Trinajstić information content (AvgIpc) is 2.93. The molecule has 1 aliphatic carbocycles. The molecular weight excluding hydrogens is 304 g/mol. The number of nitrogens with zero attached hydrogens (tertiary/aromatic N) is 1. The largest absolute Gasteiger partial charge is 0.439 e. The third-order valence-electron chi connectivity index (χ3n) is 4.73. The molecule has 1 amide bonds. The number of carbonyl (C=O) groups excluding carboxylic acids is 1. The summed E-state index contributed by atoms with van der Waals surface area (Å²) in [6.07, 6.45) is 2.73. The molecule has 1 heterocycles. The van der Waals surface area contributed by atoms with Crippen LogP contribution in [0.25, 0.3) is 11.1 Å². The van der Waals surface area contributed by atoms with Gasteiger partial charge < -0.3 is 14.8 Å². The minimum absolute atomic E-state index is 0.0219. The van der Waals surface area contributed by atoms with Crippen LogP contribution in [0.5, 0.6) is 0 Å². The predicted octanol–water partition coefficient (Wildman–Crippen LogP) is 3.29. The molecule has 3 rings (SSSR count). The van der Waals surface area contributed by atoms with Crippen LogP contribution in [0.3, 0.4) is 0 Å². The molecule has 5 heteroatoms. The average molecular weight is 330 g/mol. The Balaban J connectivity index is 1.66. The van der Waals surface area contributed by atoms with Crippen molar-refractivity contribution >= 4 is 17.0 Å². The van der Waals surface area contributed by atoms with E-state index in [1.807, 2.05) is 12.1 Å². The molecule has 2 N–H and O–H groups in total. The van der Waals surface area contributed by atoms with Crippen molar-refractivity contribution < 1.29 is 14.3 Å². The molecule has 1 saturated carbocycles. The molecule has 2 aromatic rings. The number of aliphatic hydroxyl groups excluding tert-OH is 1. The first kappa shape index (κ1) is 17.0. The maximum atomic E-state index is 12.2. The summed E-state index contributed by atoms with van der Waals surface area (Å²) in [4.78, 5) is 16.7. The Morgan fingerprint density at radius 2 is 2.17 bits per heavy atom. The lowest BCUT2D eigenvalue weighted by molar-refractivity contribution is -0.127. The van der Waals surface area contributed by atoms with Crippen LogP contribution >= 0.6 is 0 Å². The SMILES string of the molecule is CC(C)(C)c1ccc2oc(CNC(=O)[C@H]3CCC[C@@H](O)C3)nc2c1. The zero-order valence-corrected chi connectivity index (χ0v) is 14.6. The summed E-state index contributed by atoms with van der Waals surface area (Å²) in [7, 11) is 0. The summed E-state index contributed by atoms with van der Waals surface area (Å²) in [6, 6.07) is 6.03. The Kier molecular flexibility index (Phi) is 4.63. The molecule has 0 bridgehead atoms. The summed E-state index contributed by atoms with van der Waals surface area (Å²) < 4.78 is 5.72. The van der Waals surface area contributed by atoms with Gasteiger partial charge in [-0.25, -0.2) is 4.98 Å². The molecule has 5 nitrogen and oxygen atoms in total. The van der Waals surface area contributed by atoms with Crippen LogP contribution < -0.4 is 5.32 Å². The van der Waals surface area contributed by atoms with E-state index < -0.39 is 0 Å². The third-order valence-corrected chi connectivity index (χ3v) is 4.73. The van der Waals surface area contributed by atoms with E-state index >= 15 is 0 Å². The van der Waals surface area contributed by atoms with Crippen LogP contribution in [0, 0.1) is 5.92 Å². The van der Waals surface area contributed by atoms with Gasteiger partial charge in [0.25, 0.3) is 0 Å². The fraction of sp³-hybridized carbons (Fsp3) is 0.579. The maximum absolute atomic E-state index is 12.2. The van der Waals surface area contributed by atoms with Crippen molar-refractivity contribution in [2.24, 2.45) is 5.92 Å². The topological polar surface area (TPSA) is 75.4 Å². The number of nitrogens with one attached hydrogen (secondary N) is 1. The van der Waals surface area contributed by atoms with Crippen molar-refractivity contribution in [1.29, 1.82) is 0 Å². The molecule has 0 spiro atoms. The Hall–Kier alpha value is -1.88. The number of aliphatic hydroxyl groups is 1. The van der Waals surface area contributed by atoms with Gasteiger partial charge in [-0.15, -0.1) is 0 Å². The summed E-state index contributed by atoms with van der Waals surface area (Å²) in [6.45, 7) is 6.76. The highest BCUT2D eigenvalue weighted by Gasteiger charge is 2.26. The Morgan fingerprint density at radius 1 is 1.38 bits per heavy atom. The Morgan fingerprint density at radius 3 is 2.88 bits per heavy atom. The van der Waals surface area contributed by atoms with Gasteiger partial charge >= 0.3 is 0 Å². The van der Waals surface area contributed by atoms with Crippen molar-refractivity contribution in [1.82, 2.24) is 10.3 Å². The monoisotopic (exact) mass is 330 g/mol. The standard InChI is InChI=1S/C19H26N2O3/c1-19(2,3)13-7-8-16-15(10-13)21-17(24-16)11-20-18(23)12-5-4-6-14(22)9-12/h7-8,10,12,14,22H,4-6,9,11H2,1-3H3,(H,20,23)/t12-,14+/m0/s1. The van der Waals surface area contributed by atoms with Crippen molar-refractivity contribution in [2.45, 2.75) is 64.5 Å². The Bertz CT molecular complexity index is 730. The van der Waals surface area contributed by atoms with Gasteiger partial charge in [-0.05, 0) is 42.4 Å². The lowest BCUT2D eigenvalue weighted by atomic mass is 9.87. The van der Waals surface area contributed by atoms with E-state index in [2.05, 4.69) is 37.1 Å². The van der Waals surface area contributed by atoms with Gasteiger partial charge in [0.15, 0.2) is 5.58 Å². The van der Waals surface area contributed by atoms with E-state index in [4.69, 9.17) is 4.42 Å². The smallest absolute Gasteiger partial charge is 0.223 e. The number of amides is 1. The lowest BCUT2D eigenvalue weighted by Gasteiger charge is -2.24. The summed E-state index contributed by atoms with van der Waals surface area (Å²) in [5, 5.41) is 12.6. The first-order valence-electron chi connectivity index (χ1n) is 8.68. The minimum atomic E-state index is -0.352. The molecule has 0 unspecified atom stereocenters. The zero-order valence-electron chi connectivity index (χ0n) is 14.6. The van der Waals surface area contributed by atoms with Gasteiger partial charge in [0.2, 0.25) is 11.8 Å². The van der Waals surface area contributed by atoms with Gasteiger partial charge in [-0.3, -0.25) is 4.79 Å². The number of fused-ring (bicyclic) bond motifs is 1.